The molecule has 0 fully saturated rings. The lowest BCUT2D eigenvalue weighted by Crippen LogP contribution is -2.13. The first-order chi connectivity index (χ1) is 8.40. The van der Waals surface area contributed by atoms with Crippen molar-refractivity contribution in [2.24, 2.45) is 5.92 Å². The fourth-order valence-electron chi connectivity index (χ4n) is 1.57. The Kier molecular flexibility index (Phi) is 4.89. The molecule has 0 saturated heterocycles. The van der Waals surface area contributed by atoms with Crippen LogP contribution in [0.5, 0.6) is 0 Å². The van der Waals surface area contributed by atoms with Crippen LogP contribution in [0.1, 0.15) is 42.6 Å². The van der Waals surface area contributed by atoms with Crippen LogP contribution >= 0.6 is 0 Å². The maximum absolute atomic E-state index is 11.7. The number of nitrogens with one attached hydrogen (secondary N) is 1. The van der Waals surface area contributed by atoms with Crippen LogP contribution in [0.4, 0.5) is 5.69 Å². The summed E-state index contributed by atoms with van der Waals surface area (Å²) >= 11 is 0. The van der Waals surface area contributed by atoms with Gasteiger partial charge in [-0.2, -0.15) is 0 Å². The van der Waals surface area contributed by atoms with E-state index >= 15 is 0 Å². The van der Waals surface area contributed by atoms with Crippen LogP contribution in [0.3, 0.4) is 0 Å². The van der Waals surface area contributed by atoms with Crippen LogP contribution in [0, 0.1) is 12.8 Å². The van der Waals surface area contributed by atoms with Gasteiger partial charge in [0.25, 0.3) is 0 Å². The first-order valence-corrected chi connectivity index (χ1v) is 6.04. The van der Waals surface area contributed by atoms with E-state index in [1.54, 1.807) is 19.1 Å². The number of carboxylic acid groups (broad SMARTS) is 1. The summed E-state index contributed by atoms with van der Waals surface area (Å²) in [7, 11) is 0. The maximum atomic E-state index is 11.7. The van der Waals surface area contributed by atoms with E-state index in [2.05, 4.69) is 19.2 Å². The summed E-state index contributed by atoms with van der Waals surface area (Å²) in [5.74, 6) is -0.503. The molecule has 1 aromatic rings. The van der Waals surface area contributed by atoms with Crippen molar-refractivity contribution in [3.63, 3.8) is 0 Å². The second-order valence-corrected chi connectivity index (χ2v) is 4.82. The Morgan fingerprint density at radius 1 is 1.33 bits per heavy atom. The van der Waals surface area contributed by atoms with Crippen molar-refractivity contribution in [3.05, 3.63) is 29.3 Å². The van der Waals surface area contributed by atoms with E-state index in [0.717, 1.165) is 12.0 Å². The number of anilines is 1. The Morgan fingerprint density at radius 3 is 2.50 bits per heavy atom. The summed E-state index contributed by atoms with van der Waals surface area (Å²) in [6.07, 6.45) is 1.33. The van der Waals surface area contributed by atoms with Crippen molar-refractivity contribution in [2.45, 2.75) is 33.6 Å². The van der Waals surface area contributed by atoms with Crippen LogP contribution in [0.15, 0.2) is 18.2 Å². The first-order valence-electron chi connectivity index (χ1n) is 6.04. The highest BCUT2D eigenvalue weighted by Crippen LogP contribution is 2.17. The third-order valence-electron chi connectivity index (χ3n) is 2.70. The largest absolute Gasteiger partial charge is 0.478 e. The zero-order chi connectivity index (χ0) is 13.7. The van der Waals surface area contributed by atoms with Crippen molar-refractivity contribution in [3.8, 4) is 0 Å². The van der Waals surface area contributed by atoms with Gasteiger partial charge in [0.1, 0.15) is 0 Å². The van der Waals surface area contributed by atoms with Crippen molar-refractivity contribution in [1.82, 2.24) is 0 Å². The molecule has 1 amide bonds. The second kappa shape index (κ2) is 6.19. The highest BCUT2D eigenvalue weighted by atomic mass is 16.4. The normalized spacial score (nSPS) is 10.4. The molecular weight excluding hydrogens is 230 g/mol. The molecule has 0 spiro atoms. The molecule has 0 heterocycles. The Hall–Kier alpha value is -1.84. The van der Waals surface area contributed by atoms with Crippen molar-refractivity contribution in [2.75, 3.05) is 5.32 Å². The Morgan fingerprint density at radius 2 is 2.00 bits per heavy atom. The van der Waals surface area contributed by atoms with Gasteiger partial charge in [0.15, 0.2) is 0 Å². The van der Waals surface area contributed by atoms with E-state index in [1.165, 1.54) is 6.07 Å². The smallest absolute Gasteiger partial charge is 0.335 e. The SMILES string of the molecule is Cc1cc(C(=O)O)ccc1NC(=O)CCC(C)C. The van der Waals surface area contributed by atoms with Crippen LogP contribution in [0.25, 0.3) is 0 Å². The van der Waals surface area contributed by atoms with E-state index in [4.69, 9.17) is 5.11 Å². The molecule has 0 aliphatic rings. The zero-order valence-electron chi connectivity index (χ0n) is 11.0. The standard InChI is InChI=1S/C14H19NO3/c1-9(2)4-7-13(16)15-12-6-5-11(14(17)18)8-10(12)3/h5-6,8-9H,4,7H2,1-3H3,(H,15,16)(H,17,18). The van der Waals surface area contributed by atoms with Crippen LogP contribution < -0.4 is 5.32 Å². The zero-order valence-corrected chi connectivity index (χ0v) is 11.0. The van der Waals surface area contributed by atoms with Gasteiger partial charge in [-0.3, -0.25) is 4.79 Å². The molecule has 1 rings (SSSR count). The molecule has 18 heavy (non-hydrogen) atoms. The van der Waals surface area contributed by atoms with Gasteiger partial charge in [-0.1, -0.05) is 13.8 Å². The average Bonchev–Trinajstić information content (AvgIpc) is 2.29. The molecule has 0 atom stereocenters. The van der Waals surface area contributed by atoms with E-state index in [9.17, 15) is 9.59 Å². The van der Waals surface area contributed by atoms with Gasteiger partial charge in [-0.15, -0.1) is 0 Å². The number of hydrogen-bond donors (Lipinski definition) is 2. The Bertz CT molecular complexity index is 452. The third kappa shape index (κ3) is 4.20. The summed E-state index contributed by atoms with van der Waals surface area (Å²) < 4.78 is 0. The summed E-state index contributed by atoms with van der Waals surface area (Å²) in [5, 5.41) is 11.6. The third-order valence-corrected chi connectivity index (χ3v) is 2.70. The molecule has 0 radical (unpaired) electrons. The van der Waals surface area contributed by atoms with Gasteiger partial charge in [-0.25, -0.2) is 4.79 Å². The molecule has 0 aliphatic heterocycles. The van der Waals surface area contributed by atoms with Crippen molar-refractivity contribution in [1.29, 1.82) is 0 Å². The molecule has 0 bridgehead atoms. The van der Waals surface area contributed by atoms with Crippen LogP contribution in [0.2, 0.25) is 0 Å². The minimum absolute atomic E-state index is 0.0325. The number of carboxylic acids is 1. The molecule has 2 N–H and O–H groups in total. The van der Waals surface area contributed by atoms with E-state index in [-0.39, 0.29) is 11.5 Å². The minimum Gasteiger partial charge on any atom is -0.478 e. The topological polar surface area (TPSA) is 66.4 Å². The number of carbonyl (C=O) groups excluding carboxylic acids is 1. The van der Waals surface area contributed by atoms with E-state index < -0.39 is 5.97 Å². The molecule has 1 aromatic carbocycles. The van der Waals surface area contributed by atoms with E-state index in [0.29, 0.717) is 18.0 Å². The van der Waals surface area contributed by atoms with Gasteiger partial charge in [0.05, 0.1) is 5.56 Å². The molecule has 98 valence electrons. The molecule has 0 saturated carbocycles. The van der Waals surface area contributed by atoms with Gasteiger partial charge in [0, 0.05) is 12.1 Å². The number of benzene rings is 1. The number of carbonyl (C=O) groups is 2. The van der Waals surface area contributed by atoms with Gasteiger partial charge < -0.3 is 10.4 Å². The molecule has 0 unspecified atom stereocenters. The predicted octanol–water partition coefficient (Wildman–Crippen LogP) is 3.07. The van der Waals surface area contributed by atoms with Crippen molar-refractivity contribution >= 4 is 17.6 Å². The predicted molar refractivity (Wildman–Crippen MR) is 70.8 cm³/mol. The van der Waals surface area contributed by atoms with Gasteiger partial charge in [0.2, 0.25) is 5.91 Å². The number of amides is 1. The van der Waals surface area contributed by atoms with Crippen LogP contribution in [-0.4, -0.2) is 17.0 Å². The Labute approximate surface area is 107 Å². The molecule has 0 aromatic heterocycles. The Balaban J connectivity index is 2.68. The van der Waals surface area contributed by atoms with Gasteiger partial charge in [-0.05, 0) is 43.0 Å². The van der Waals surface area contributed by atoms with E-state index in [1.807, 2.05) is 0 Å². The minimum atomic E-state index is -0.962. The lowest BCUT2D eigenvalue weighted by Gasteiger charge is -2.10. The van der Waals surface area contributed by atoms with Crippen LogP contribution in [-0.2, 0) is 4.79 Å². The lowest BCUT2D eigenvalue weighted by atomic mass is 10.1. The highest BCUT2D eigenvalue weighted by Gasteiger charge is 2.08. The fraction of sp³-hybridized carbons (Fsp3) is 0.429. The maximum Gasteiger partial charge on any atom is 0.335 e. The summed E-state index contributed by atoms with van der Waals surface area (Å²) in [5.41, 5.74) is 1.66. The molecule has 0 aliphatic carbocycles. The number of aromatic carboxylic acids is 1. The summed E-state index contributed by atoms with van der Waals surface area (Å²) in [6.45, 7) is 5.92. The average molecular weight is 249 g/mol. The fourth-order valence-corrected chi connectivity index (χ4v) is 1.57. The summed E-state index contributed by atoms with van der Waals surface area (Å²) in [4.78, 5) is 22.4. The number of aryl methyl sites for hydroxylation is 1. The second-order valence-electron chi connectivity index (χ2n) is 4.82. The highest BCUT2D eigenvalue weighted by molar-refractivity contribution is 5.93. The molecule has 4 heteroatoms. The molecular formula is C14H19NO3. The monoisotopic (exact) mass is 249 g/mol. The lowest BCUT2D eigenvalue weighted by molar-refractivity contribution is -0.116. The quantitative estimate of drug-likeness (QED) is 0.842. The summed E-state index contributed by atoms with van der Waals surface area (Å²) in [6, 6.07) is 4.68. The number of rotatable bonds is 5. The van der Waals surface area contributed by atoms with Gasteiger partial charge >= 0.3 is 5.97 Å². The van der Waals surface area contributed by atoms with Crippen molar-refractivity contribution < 1.29 is 14.7 Å². The first kappa shape index (κ1) is 14.2. The number of hydrogen-bond acceptors (Lipinski definition) is 2. The molecule has 4 nitrogen and oxygen atoms in total.